The Morgan fingerprint density at radius 2 is 1.79 bits per heavy atom. The SMILES string of the molecule is O=C(/C=C/COc1cc2cc(c1)Nc1nccc(n1)-c1cccc(c1)COC/C=C/COC2)N1CCOCC1. The fourth-order valence-electron chi connectivity index (χ4n) is 4.24. The highest BCUT2D eigenvalue weighted by molar-refractivity contribution is 5.87. The van der Waals surface area contributed by atoms with Gasteiger partial charge in [0, 0.05) is 42.7 Å². The van der Waals surface area contributed by atoms with Crippen molar-refractivity contribution in [3.05, 3.63) is 90.2 Å². The van der Waals surface area contributed by atoms with Crippen LogP contribution in [0.15, 0.2) is 79.0 Å². The van der Waals surface area contributed by atoms with Crippen molar-refractivity contribution in [1.82, 2.24) is 14.9 Å². The molecule has 1 aromatic heterocycles. The molecule has 2 aliphatic heterocycles. The van der Waals surface area contributed by atoms with Crippen LogP contribution in [0, 0.1) is 0 Å². The largest absolute Gasteiger partial charge is 0.489 e. The van der Waals surface area contributed by atoms with Crippen molar-refractivity contribution in [3.8, 4) is 17.0 Å². The van der Waals surface area contributed by atoms with Gasteiger partial charge in [0.05, 0.1) is 45.3 Å². The topological polar surface area (TPSA) is 95.0 Å². The molecule has 9 heteroatoms. The van der Waals surface area contributed by atoms with Gasteiger partial charge in [0.15, 0.2) is 0 Å². The lowest BCUT2D eigenvalue weighted by Crippen LogP contribution is -2.39. The minimum atomic E-state index is -0.0351. The van der Waals surface area contributed by atoms with Crippen molar-refractivity contribution in [2.45, 2.75) is 13.2 Å². The number of ether oxygens (including phenoxy) is 4. The zero-order valence-electron chi connectivity index (χ0n) is 21.8. The number of carbonyl (C=O) groups excluding carboxylic acids is 1. The van der Waals surface area contributed by atoms with Gasteiger partial charge in [0.2, 0.25) is 11.9 Å². The molecular weight excluding hydrogens is 496 g/mol. The number of hydrogen-bond acceptors (Lipinski definition) is 8. The second-order valence-electron chi connectivity index (χ2n) is 9.11. The smallest absolute Gasteiger partial charge is 0.246 e. The van der Waals surface area contributed by atoms with E-state index < -0.39 is 0 Å². The molecule has 202 valence electrons. The third-order valence-corrected chi connectivity index (χ3v) is 6.16. The number of benzene rings is 2. The van der Waals surface area contributed by atoms with Gasteiger partial charge in [-0.25, -0.2) is 9.97 Å². The van der Waals surface area contributed by atoms with E-state index in [0.29, 0.717) is 64.4 Å². The van der Waals surface area contributed by atoms with Gasteiger partial charge in [-0.2, -0.15) is 0 Å². The molecule has 9 nitrogen and oxygen atoms in total. The van der Waals surface area contributed by atoms with Crippen LogP contribution in [0.2, 0.25) is 0 Å². The Bertz CT molecular complexity index is 1320. The molecule has 0 spiro atoms. The summed E-state index contributed by atoms with van der Waals surface area (Å²) in [4.78, 5) is 23.2. The molecule has 0 unspecified atom stereocenters. The third kappa shape index (κ3) is 7.97. The van der Waals surface area contributed by atoms with Gasteiger partial charge in [0.25, 0.3) is 0 Å². The summed E-state index contributed by atoms with van der Waals surface area (Å²) >= 11 is 0. The summed E-state index contributed by atoms with van der Waals surface area (Å²) in [6, 6.07) is 15.8. The van der Waals surface area contributed by atoms with Gasteiger partial charge in [-0.3, -0.25) is 4.79 Å². The fraction of sp³-hybridized carbons (Fsp3) is 0.300. The van der Waals surface area contributed by atoms with Crippen molar-refractivity contribution >= 4 is 17.5 Å². The van der Waals surface area contributed by atoms with E-state index in [9.17, 15) is 4.79 Å². The van der Waals surface area contributed by atoms with E-state index >= 15 is 0 Å². The number of nitrogens with zero attached hydrogens (tertiary/aromatic N) is 3. The zero-order chi connectivity index (χ0) is 26.7. The molecule has 5 rings (SSSR count). The maximum absolute atomic E-state index is 12.3. The van der Waals surface area contributed by atoms with E-state index in [2.05, 4.69) is 16.4 Å². The van der Waals surface area contributed by atoms with E-state index in [1.165, 1.54) is 0 Å². The number of rotatable bonds is 4. The average molecular weight is 529 g/mol. The summed E-state index contributed by atoms with van der Waals surface area (Å²) in [5, 5.41) is 3.30. The maximum Gasteiger partial charge on any atom is 0.246 e. The highest BCUT2D eigenvalue weighted by atomic mass is 16.5. The van der Waals surface area contributed by atoms with Crippen LogP contribution in [-0.2, 0) is 32.2 Å². The van der Waals surface area contributed by atoms with E-state index in [4.69, 9.17) is 23.9 Å². The Morgan fingerprint density at radius 3 is 2.64 bits per heavy atom. The highest BCUT2D eigenvalue weighted by Crippen LogP contribution is 2.25. The van der Waals surface area contributed by atoms with Crippen LogP contribution in [0.25, 0.3) is 11.3 Å². The number of morpholine rings is 1. The lowest BCUT2D eigenvalue weighted by molar-refractivity contribution is -0.130. The third-order valence-electron chi connectivity index (χ3n) is 6.16. The Morgan fingerprint density at radius 1 is 0.974 bits per heavy atom. The van der Waals surface area contributed by atoms with Crippen molar-refractivity contribution < 1.29 is 23.7 Å². The van der Waals surface area contributed by atoms with Gasteiger partial charge < -0.3 is 29.2 Å². The monoisotopic (exact) mass is 528 g/mol. The first kappa shape index (κ1) is 26.6. The van der Waals surface area contributed by atoms with Crippen LogP contribution in [-0.4, -0.2) is 66.9 Å². The van der Waals surface area contributed by atoms with Crippen molar-refractivity contribution in [1.29, 1.82) is 0 Å². The number of fused-ring (bicyclic) bond motifs is 7. The molecule has 1 saturated heterocycles. The second-order valence-corrected chi connectivity index (χ2v) is 9.11. The summed E-state index contributed by atoms with van der Waals surface area (Å²) in [5.41, 5.74) is 4.57. The second kappa shape index (κ2) is 13.7. The molecule has 1 N–H and O–H groups in total. The zero-order valence-corrected chi connectivity index (χ0v) is 21.8. The summed E-state index contributed by atoms with van der Waals surface area (Å²) in [7, 11) is 0. The molecule has 0 atom stereocenters. The van der Waals surface area contributed by atoms with E-state index in [-0.39, 0.29) is 12.5 Å². The normalized spacial score (nSPS) is 17.1. The first-order valence-electron chi connectivity index (χ1n) is 13.0. The molecule has 6 bridgehead atoms. The quantitative estimate of drug-likeness (QED) is 0.396. The number of nitrogens with one attached hydrogen (secondary N) is 1. The predicted octanol–water partition coefficient (Wildman–Crippen LogP) is 4.28. The Hall–Kier alpha value is -4.05. The van der Waals surface area contributed by atoms with Gasteiger partial charge in [-0.15, -0.1) is 0 Å². The van der Waals surface area contributed by atoms with Gasteiger partial charge in [-0.1, -0.05) is 30.4 Å². The first-order valence-corrected chi connectivity index (χ1v) is 13.0. The number of hydrogen-bond donors (Lipinski definition) is 1. The highest BCUT2D eigenvalue weighted by Gasteiger charge is 2.14. The van der Waals surface area contributed by atoms with Gasteiger partial charge in [0.1, 0.15) is 12.4 Å². The lowest BCUT2D eigenvalue weighted by Gasteiger charge is -2.25. The van der Waals surface area contributed by atoms with Crippen LogP contribution in [0.5, 0.6) is 5.75 Å². The lowest BCUT2D eigenvalue weighted by atomic mass is 10.1. The number of aromatic nitrogens is 2. The first-order chi connectivity index (χ1) is 19.2. The van der Waals surface area contributed by atoms with Gasteiger partial charge in [-0.05, 0) is 41.5 Å². The van der Waals surface area contributed by atoms with E-state index in [1.54, 1.807) is 23.2 Å². The molecule has 2 aliphatic rings. The molecule has 1 amide bonds. The van der Waals surface area contributed by atoms with E-state index in [0.717, 1.165) is 28.1 Å². The number of carbonyl (C=O) groups is 1. The summed E-state index contributed by atoms with van der Waals surface area (Å²) in [6.07, 6.45) is 8.93. The predicted molar refractivity (Wildman–Crippen MR) is 148 cm³/mol. The molecule has 3 aromatic rings. The molecule has 0 radical (unpaired) electrons. The van der Waals surface area contributed by atoms with Crippen LogP contribution in [0.3, 0.4) is 0 Å². The number of anilines is 2. The molecule has 39 heavy (non-hydrogen) atoms. The van der Waals surface area contributed by atoms with Crippen LogP contribution < -0.4 is 10.1 Å². The van der Waals surface area contributed by atoms with Crippen molar-refractivity contribution in [3.63, 3.8) is 0 Å². The number of amides is 1. The van der Waals surface area contributed by atoms with Crippen LogP contribution in [0.1, 0.15) is 11.1 Å². The molecule has 3 heterocycles. The molecule has 2 aromatic carbocycles. The van der Waals surface area contributed by atoms with Crippen LogP contribution >= 0.6 is 0 Å². The van der Waals surface area contributed by atoms with Gasteiger partial charge >= 0.3 is 0 Å². The minimum Gasteiger partial charge on any atom is -0.489 e. The van der Waals surface area contributed by atoms with E-state index in [1.807, 2.05) is 54.6 Å². The molecule has 0 saturated carbocycles. The average Bonchev–Trinajstić information content (AvgIpc) is 2.97. The molecule has 1 fully saturated rings. The summed E-state index contributed by atoms with van der Waals surface area (Å²) in [5.74, 6) is 1.08. The Labute approximate surface area is 228 Å². The maximum atomic E-state index is 12.3. The fourth-order valence-corrected chi connectivity index (χ4v) is 4.24. The molecular formula is C30H32N4O5. The summed E-state index contributed by atoms with van der Waals surface area (Å²) in [6.45, 7) is 4.50. The Kier molecular flexibility index (Phi) is 9.30. The standard InChI is InChI=1S/C30H32N4O5/c35-29(34-10-15-36-16-11-34)7-4-14-39-27-19-24-18-26(20-27)32-30-31-9-8-28(33-30)25-6-3-5-23(17-25)21-37-12-1-2-13-38-22-24/h1-9,17-20H,10-16,21-22H2,(H,31,32,33)/b2-1+,7-4+. The van der Waals surface area contributed by atoms with Crippen molar-refractivity contribution in [2.24, 2.45) is 0 Å². The Balaban J connectivity index is 1.33. The van der Waals surface area contributed by atoms with Crippen LogP contribution in [0.4, 0.5) is 11.6 Å². The molecule has 0 aliphatic carbocycles. The minimum absolute atomic E-state index is 0.0351. The summed E-state index contributed by atoms with van der Waals surface area (Å²) < 4.78 is 22.9. The van der Waals surface area contributed by atoms with Crippen molar-refractivity contribution in [2.75, 3.05) is 51.4 Å².